The third-order valence-electron chi connectivity index (χ3n) is 1.67. The number of hydrogen-bond donors (Lipinski definition) is 2. The standard InChI is InChI=1S/C6H7NO5/c8-2-4(9)3-1-5(10)7(12)6(3)11/h3,8,12H,1-2H2. The summed E-state index contributed by atoms with van der Waals surface area (Å²) in [6.45, 7) is -0.794. The van der Waals surface area contributed by atoms with Gasteiger partial charge in [0.25, 0.3) is 11.8 Å². The van der Waals surface area contributed by atoms with Gasteiger partial charge < -0.3 is 5.11 Å². The molecule has 0 aromatic heterocycles. The van der Waals surface area contributed by atoms with Crippen molar-refractivity contribution < 1.29 is 24.7 Å². The van der Waals surface area contributed by atoms with E-state index in [9.17, 15) is 14.4 Å². The molecule has 0 bridgehead atoms. The van der Waals surface area contributed by atoms with Crippen molar-refractivity contribution in [2.75, 3.05) is 6.61 Å². The summed E-state index contributed by atoms with van der Waals surface area (Å²) in [5.41, 5.74) is 0. The molecule has 66 valence electrons. The first-order valence-electron chi connectivity index (χ1n) is 3.27. The molecule has 1 heterocycles. The number of imide groups is 1. The molecule has 6 heteroatoms. The molecule has 12 heavy (non-hydrogen) atoms. The Morgan fingerprint density at radius 3 is 2.50 bits per heavy atom. The molecule has 1 rings (SSSR count). The van der Waals surface area contributed by atoms with Gasteiger partial charge in [-0.1, -0.05) is 0 Å². The summed E-state index contributed by atoms with van der Waals surface area (Å²) in [7, 11) is 0. The van der Waals surface area contributed by atoms with Crippen LogP contribution in [0.2, 0.25) is 0 Å². The number of Topliss-reactive ketones (excluding diaryl/α,β-unsaturated/α-hetero) is 1. The predicted octanol–water partition coefficient (Wildman–Crippen LogP) is -1.69. The van der Waals surface area contributed by atoms with E-state index in [4.69, 9.17) is 10.3 Å². The van der Waals surface area contributed by atoms with Crippen LogP contribution in [-0.4, -0.2) is 39.6 Å². The fraction of sp³-hybridized carbons (Fsp3) is 0.500. The molecule has 0 radical (unpaired) electrons. The second-order valence-electron chi connectivity index (χ2n) is 2.42. The highest BCUT2D eigenvalue weighted by Gasteiger charge is 2.41. The van der Waals surface area contributed by atoms with Gasteiger partial charge in [0.2, 0.25) is 0 Å². The number of carbonyl (C=O) groups excluding carboxylic acids is 3. The summed E-state index contributed by atoms with van der Waals surface area (Å²) < 4.78 is 0. The summed E-state index contributed by atoms with van der Waals surface area (Å²) in [5, 5.41) is 17.0. The van der Waals surface area contributed by atoms with Crippen LogP contribution in [0.15, 0.2) is 0 Å². The normalized spacial score (nSPS) is 23.5. The van der Waals surface area contributed by atoms with E-state index in [0.717, 1.165) is 0 Å². The number of aliphatic hydroxyl groups is 1. The topological polar surface area (TPSA) is 94.9 Å². The van der Waals surface area contributed by atoms with Crippen LogP contribution in [-0.2, 0) is 14.4 Å². The molecule has 2 N–H and O–H groups in total. The Balaban J connectivity index is 2.78. The number of hydroxylamine groups is 2. The number of hydrogen-bond acceptors (Lipinski definition) is 5. The highest BCUT2D eigenvalue weighted by atomic mass is 16.5. The Bertz CT molecular complexity index is 248. The van der Waals surface area contributed by atoms with Crippen molar-refractivity contribution in [2.45, 2.75) is 6.42 Å². The zero-order valence-electron chi connectivity index (χ0n) is 6.06. The van der Waals surface area contributed by atoms with E-state index in [1.807, 2.05) is 0 Å². The molecule has 6 nitrogen and oxygen atoms in total. The van der Waals surface area contributed by atoms with E-state index in [2.05, 4.69) is 0 Å². The Morgan fingerprint density at radius 2 is 2.17 bits per heavy atom. The molecule has 1 aliphatic heterocycles. The monoisotopic (exact) mass is 173 g/mol. The minimum atomic E-state index is -1.20. The van der Waals surface area contributed by atoms with Crippen LogP contribution in [0.4, 0.5) is 0 Å². The largest absolute Gasteiger partial charge is 0.389 e. The number of carbonyl (C=O) groups is 3. The predicted molar refractivity (Wildman–Crippen MR) is 33.8 cm³/mol. The van der Waals surface area contributed by atoms with Crippen LogP contribution in [0, 0.1) is 5.92 Å². The van der Waals surface area contributed by atoms with Crippen molar-refractivity contribution in [3.63, 3.8) is 0 Å². The first-order chi connectivity index (χ1) is 5.57. The van der Waals surface area contributed by atoms with Gasteiger partial charge in [-0.05, 0) is 0 Å². The van der Waals surface area contributed by atoms with E-state index in [1.165, 1.54) is 0 Å². The number of amides is 2. The highest BCUT2D eigenvalue weighted by Crippen LogP contribution is 2.17. The number of aliphatic hydroxyl groups excluding tert-OH is 1. The molecule has 0 spiro atoms. The summed E-state index contributed by atoms with van der Waals surface area (Å²) >= 11 is 0. The minimum absolute atomic E-state index is 0.0851. The van der Waals surface area contributed by atoms with E-state index in [1.54, 1.807) is 0 Å². The summed E-state index contributed by atoms with van der Waals surface area (Å²) in [4.78, 5) is 32.2. The van der Waals surface area contributed by atoms with Gasteiger partial charge in [-0.2, -0.15) is 5.06 Å². The zero-order chi connectivity index (χ0) is 9.30. The lowest BCUT2D eigenvalue weighted by Crippen LogP contribution is -2.30. The lowest BCUT2D eigenvalue weighted by atomic mass is 10.0. The van der Waals surface area contributed by atoms with E-state index < -0.39 is 30.1 Å². The quantitative estimate of drug-likeness (QED) is 0.295. The van der Waals surface area contributed by atoms with E-state index in [0.29, 0.717) is 0 Å². The van der Waals surface area contributed by atoms with Gasteiger partial charge in [0.15, 0.2) is 5.78 Å². The minimum Gasteiger partial charge on any atom is -0.389 e. The Kier molecular flexibility index (Phi) is 2.20. The molecular formula is C6H7NO5. The van der Waals surface area contributed by atoms with Crippen LogP contribution < -0.4 is 0 Å². The van der Waals surface area contributed by atoms with Gasteiger partial charge in [-0.15, -0.1) is 0 Å². The first kappa shape index (κ1) is 8.82. The highest BCUT2D eigenvalue weighted by molar-refractivity contribution is 6.13. The Labute approximate surface area is 67.3 Å². The van der Waals surface area contributed by atoms with Crippen molar-refractivity contribution in [3.8, 4) is 0 Å². The third-order valence-corrected chi connectivity index (χ3v) is 1.67. The van der Waals surface area contributed by atoms with Crippen LogP contribution in [0.5, 0.6) is 0 Å². The molecule has 1 aliphatic rings. The molecule has 0 saturated carbocycles. The van der Waals surface area contributed by atoms with Gasteiger partial charge in [-0.25, -0.2) is 0 Å². The van der Waals surface area contributed by atoms with Crippen LogP contribution >= 0.6 is 0 Å². The summed E-state index contributed by atoms with van der Waals surface area (Å²) in [5.74, 6) is -3.72. The molecule has 0 aromatic rings. The van der Waals surface area contributed by atoms with Gasteiger partial charge in [0.05, 0.1) is 0 Å². The lowest BCUT2D eigenvalue weighted by Gasteiger charge is -2.03. The first-order valence-corrected chi connectivity index (χ1v) is 3.27. The fourth-order valence-electron chi connectivity index (χ4n) is 0.981. The SMILES string of the molecule is O=C(CO)C1CC(=O)N(O)C1=O. The number of nitrogens with zero attached hydrogens (tertiary/aromatic N) is 1. The fourth-order valence-corrected chi connectivity index (χ4v) is 0.981. The average Bonchev–Trinajstić information content (AvgIpc) is 2.32. The maximum absolute atomic E-state index is 10.8. The molecule has 1 fully saturated rings. The second kappa shape index (κ2) is 3.00. The Morgan fingerprint density at radius 1 is 1.58 bits per heavy atom. The molecule has 1 unspecified atom stereocenters. The maximum Gasteiger partial charge on any atom is 0.264 e. The molecule has 1 saturated heterocycles. The van der Waals surface area contributed by atoms with E-state index >= 15 is 0 Å². The van der Waals surface area contributed by atoms with Crippen LogP contribution in [0.25, 0.3) is 0 Å². The summed E-state index contributed by atoms with van der Waals surface area (Å²) in [6, 6.07) is 0. The van der Waals surface area contributed by atoms with Crippen molar-refractivity contribution in [2.24, 2.45) is 5.92 Å². The number of rotatable bonds is 2. The molecule has 1 atom stereocenters. The average molecular weight is 173 g/mol. The van der Waals surface area contributed by atoms with Crippen molar-refractivity contribution in [1.29, 1.82) is 0 Å². The smallest absolute Gasteiger partial charge is 0.264 e. The van der Waals surface area contributed by atoms with Gasteiger partial charge in [0.1, 0.15) is 12.5 Å². The van der Waals surface area contributed by atoms with Gasteiger partial charge in [-0.3, -0.25) is 19.6 Å². The molecule has 0 aromatic carbocycles. The molecule has 2 amide bonds. The summed E-state index contributed by atoms with van der Waals surface area (Å²) in [6.07, 6.45) is -0.352. The van der Waals surface area contributed by atoms with Crippen LogP contribution in [0.1, 0.15) is 6.42 Å². The number of ketones is 1. The van der Waals surface area contributed by atoms with Crippen molar-refractivity contribution in [1.82, 2.24) is 5.06 Å². The zero-order valence-corrected chi connectivity index (χ0v) is 6.06. The molecular weight excluding hydrogens is 166 g/mol. The van der Waals surface area contributed by atoms with Crippen molar-refractivity contribution in [3.05, 3.63) is 0 Å². The van der Waals surface area contributed by atoms with Crippen LogP contribution in [0.3, 0.4) is 0 Å². The third kappa shape index (κ3) is 1.21. The van der Waals surface area contributed by atoms with Gasteiger partial charge in [0, 0.05) is 6.42 Å². The maximum atomic E-state index is 10.8. The van der Waals surface area contributed by atoms with E-state index in [-0.39, 0.29) is 11.5 Å². The lowest BCUT2D eigenvalue weighted by molar-refractivity contribution is -0.172. The Hall–Kier alpha value is -1.27. The van der Waals surface area contributed by atoms with Crippen molar-refractivity contribution >= 4 is 17.6 Å². The van der Waals surface area contributed by atoms with Gasteiger partial charge >= 0.3 is 0 Å². The second-order valence-corrected chi connectivity index (χ2v) is 2.42. The molecule has 0 aliphatic carbocycles.